The van der Waals surface area contributed by atoms with Crippen molar-refractivity contribution >= 4 is 26.0 Å². The summed E-state index contributed by atoms with van der Waals surface area (Å²) in [7, 11) is -3.59. The lowest BCUT2D eigenvalue weighted by atomic mass is 9.97. The van der Waals surface area contributed by atoms with Crippen LogP contribution in [0.3, 0.4) is 0 Å². The molecule has 1 saturated heterocycles. The van der Waals surface area contributed by atoms with Crippen LogP contribution < -0.4 is 10.5 Å². The van der Waals surface area contributed by atoms with Gasteiger partial charge < -0.3 is 10.5 Å². The van der Waals surface area contributed by atoms with E-state index in [0.717, 1.165) is 18.4 Å². The molecule has 0 radical (unpaired) electrons. The monoisotopic (exact) mass is 362 g/mol. The van der Waals surface area contributed by atoms with Crippen LogP contribution in [-0.4, -0.2) is 27.2 Å². The standard InChI is InChI=1S/C13H19BrN2O3S/c1-13(5-2-6-19-9-13)16-20(17,18)12-4-3-10(8-15)7-11(12)14/h3-4,7,16H,2,5-6,8-9,15H2,1H3. The van der Waals surface area contributed by atoms with E-state index in [9.17, 15) is 8.42 Å². The fourth-order valence-electron chi connectivity index (χ4n) is 2.28. The molecule has 0 aliphatic carbocycles. The highest BCUT2D eigenvalue weighted by Crippen LogP contribution is 2.26. The van der Waals surface area contributed by atoms with Crippen molar-refractivity contribution in [3.05, 3.63) is 28.2 Å². The van der Waals surface area contributed by atoms with Gasteiger partial charge in [-0.15, -0.1) is 0 Å². The molecule has 0 spiro atoms. The zero-order valence-electron chi connectivity index (χ0n) is 11.4. The van der Waals surface area contributed by atoms with Gasteiger partial charge >= 0.3 is 0 Å². The Morgan fingerprint density at radius 2 is 2.25 bits per heavy atom. The normalized spacial score (nSPS) is 23.8. The zero-order valence-corrected chi connectivity index (χ0v) is 13.8. The fraction of sp³-hybridized carbons (Fsp3) is 0.538. The number of nitrogens with one attached hydrogen (secondary N) is 1. The van der Waals surface area contributed by atoms with E-state index in [1.807, 2.05) is 6.92 Å². The number of sulfonamides is 1. The average Bonchev–Trinajstić information content (AvgIpc) is 2.37. The molecule has 112 valence electrons. The van der Waals surface area contributed by atoms with Gasteiger partial charge in [-0.1, -0.05) is 6.07 Å². The van der Waals surface area contributed by atoms with E-state index in [-0.39, 0.29) is 4.90 Å². The van der Waals surface area contributed by atoms with Gasteiger partial charge in [-0.3, -0.25) is 0 Å². The number of halogens is 1. The second-order valence-electron chi connectivity index (χ2n) is 5.29. The third-order valence-corrected chi connectivity index (χ3v) is 5.96. The summed E-state index contributed by atoms with van der Waals surface area (Å²) < 4.78 is 33.6. The Kier molecular flexibility index (Phi) is 4.86. The van der Waals surface area contributed by atoms with Crippen LogP contribution in [0.25, 0.3) is 0 Å². The van der Waals surface area contributed by atoms with Crippen molar-refractivity contribution in [2.45, 2.75) is 36.7 Å². The third kappa shape index (κ3) is 3.59. The summed E-state index contributed by atoms with van der Waals surface area (Å²) in [4.78, 5) is 0.224. The van der Waals surface area contributed by atoms with E-state index in [2.05, 4.69) is 20.7 Å². The van der Waals surface area contributed by atoms with Gasteiger partial charge in [0, 0.05) is 17.6 Å². The summed E-state index contributed by atoms with van der Waals surface area (Å²) in [5.74, 6) is 0. The maximum atomic E-state index is 12.5. The Balaban J connectivity index is 2.26. The van der Waals surface area contributed by atoms with Crippen LogP contribution >= 0.6 is 15.9 Å². The van der Waals surface area contributed by atoms with E-state index in [4.69, 9.17) is 10.5 Å². The van der Waals surface area contributed by atoms with Crippen molar-refractivity contribution in [2.24, 2.45) is 5.73 Å². The van der Waals surface area contributed by atoms with Crippen LogP contribution in [-0.2, 0) is 21.3 Å². The molecule has 5 nitrogen and oxygen atoms in total. The van der Waals surface area contributed by atoms with Gasteiger partial charge in [-0.25, -0.2) is 13.1 Å². The van der Waals surface area contributed by atoms with E-state index >= 15 is 0 Å². The lowest BCUT2D eigenvalue weighted by Gasteiger charge is -2.34. The van der Waals surface area contributed by atoms with Gasteiger partial charge in [0.25, 0.3) is 0 Å². The van der Waals surface area contributed by atoms with Crippen molar-refractivity contribution in [1.29, 1.82) is 0 Å². The van der Waals surface area contributed by atoms with Crippen molar-refractivity contribution in [1.82, 2.24) is 4.72 Å². The van der Waals surface area contributed by atoms with Crippen molar-refractivity contribution in [2.75, 3.05) is 13.2 Å². The number of benzene rings is 1. The summed E-state index contributed by atoms with van der Waals surface area (Å²) in [6.45, 7) is 3.32. The van der Waals surface area contributed by atoms with Crippen LogP contribution in [0.2, 0.25) is 0 Å². The zero-order chi connectivity index (χ0) is 14.8. The molecule has 1 fully saturated rings. The van der Waals surface area contributed by atoms with Crippen LogP contribution in [0, 0.1) is 0 Å². The molecule has 1 aromatic rings. The number of hydrogen-bond acceptors (Lipinski definition) is 4. The minimum atomic E-state index is -3.59. The number of nitrogens with two attached hydrogens (primary N) is 1. The Morgan fingerprint density at radius 3 is 2.80 bits per heavy atom. The predicted molar refractivity (Wildman–Crippen MR) is 80.8 cm³/mol. The number of ether oxygens (including phenoxy) is 1. The molecule has 2 rings (SSSR count). The summed E-state index contributed by atoms with van der Waals surface area (Å²) in [5, 5.41) is 0. The quantitative estimate of drug-likeness (QED) is 0.854. The van der Waals surface area contributed by atoms with Crippen LogP contribution in [0.1, 0.15) is 25.3 Å². The topological polar surface area (TPSA) is 81.4 Å². The lowest BCUT2D eigenvalue weighted by molar-refractivity contribution is 0.0386. The van der Waals surface area contributed by atoms with E-state index in [1.54, 1.807) is 18.2 Å². The highest BCUT2D eigenvalue weighted by Gasteiger charge is 2.33. The molecule has 1 aliphatic heterocycles. The molecule has 7 heteroatoms. The fourth-order valence-corrected chi connectivity index (χ4v) is 4.83. The summed E-state index contributed by atoms with van der Waals surface area (Å²) in [6.07, 6.45) is 1.62. The smallest absolute Gasteiger partial charge is 0.242 e. The summed E-state index contributed by atoms with van der Waals surface area (Å²) >= 11 is 3.30. The number of hydrogen-bond donors (Lipinski definition) is 2. The molecule has 1 atom stereocenters. The molecule has 3 N–H and O–H groups in total. The second-order valence-corrected chi connectivity index (χ2v) is 7.80. The molecule has 1 aromatic carbocycles. The SMILES string of the molecule is CC1(NS(=O)(=O)c2ccc(CN)cc2Br)CCCOC1. The second kappa shape index (κ2) is 6.11. The lowest BCUT2D eigenvalue weighted by Crippen LogP contribution is -2.51. The molecule has 0 saturated carbocycles. The Hall–Kier alpha value is -0.470. The van der Waals surface area contributed by atoms with Gasteiger partial charge in [0.2, 0.25) is 10.0 Å². The summed E-state index contributed by atoms with van der Waals surface area (Å²) in [6, 6.07) is 5.02. The molecule has 1 heterocycles. The van der Waals surface area contributed by atoms with E-state index < -0.39 is 15.6 Å². The summed E-state index contributed by atoms with van der Waals surface area (Å²) in [5.41, 5.74) is 5.87. The maximum absolute atomic E-state index is 12.5. The van der Waals surface area contributed by atoms with Gasteiger partial charge in [0.1, 0.15) is 0 Å². The van der Waals surface area contributed by atoms with Gasteiger partial charge in [-0.05, 0) is 53.4 Å². The van der Waals surface area contributed by atoms with Crippen molar-refractivity contribution in [3.63, 3.8) is 0 Å². The number of rotatable bonds is 4. The molecule has 20 heavy (non-hydrogen) atoms. The Morgan fingerprint density at radius 1 is 1.50 bits per heavy atom. The molecule has 0 aromatic heterocycles. The van der Waals surface area contributed by atoms with E-state index in [1.165, 1.54) is 0 Å². The van der Waals surface area contributed by atoms with Gasteiger partial charge in [0.05, 0.1) is 17.0 Å². The first-order valence-corrected chi connectivity index (χ1v) is 8.74. The third-order valence-electron chi connectivity index (χ3n) is 3.34. The molecule has 1 unspecified atom stereocenters. The van der Waals surface area contributed by atoms with Crippen LogP contribution in [0.5, 0.6) is 0 Å². The highest BCUT2D eigenvalue weighted by atomic mass is 79.9. The maximum Gasteiger partial charge on any atom is 0.242 e. The molecular formula is C13H19BrN2O3S. The average molecular weight is 363 g/mol. The Bertz CT molecular complexity index is 583. The van der Waals surface area contributed by atoms with Crippen LogP contribution in [0.4, 0.5) is 0 Å². The van der Waals surface area contributed by atoms with Crippen LogP contribution in [0.15, 0.2) is 27.6 Å². The van der Waals surface area contributed by atoms with Gasteiger partial charge in [-0.2, -0.15) is 0 Å². The first-order valence-electron chi connectivity index (χ1n) is 6.46. The minimum Gasteiger partial charge on any atom is -0.380 e. The Labute approximate surface area is 128 Å². The minimum absolute atomic E-state index is 0.224. The highest BCUT2D eigenvalue weighted by molar-refractivity contribution is 9.10. The largest absolute Gasteiger partial charge is 0.380 e. The predicted octanol–water partition coefficient (Wildman–Crippen LogP) is 1.76. The molecule has 0 amide bonds. The molecular weight excluding hydrogens is 344 g/mol. The molecule has 0 bridgehead atoms. The first-order chi connectivity index (χ1) is 9.36. The first kappa shape index (κ1) is 15.9. The van der Waals surface area contributed by atoms with Gasteiger partial charge in [0.15, 0.2) is 0 Å². The molecule has 1 aliphatic rings. The van der Waals surface area contributed by atoms with Crippen molar-refractivity contribution in [3.8, 4) is 0 Å². The van der Waals surface area contributed by atoms with E-state index in [0.29, 0.717) is 24.2 Å². The van der Waals surface area contributed by atoms with Crippen molar-refractivity contribution < 1.29 is 13.2 Å².